The van der Waals surface area contributed by atoms with E-state index in [1.807, 2.05) is 24.3 Å². The molecular formula is C27H25N3O4. The predicted molar refractivity (Wildman–Crippen MR) is 132 cm³/mol. The monoisotopic (exact) mass is 455 g/mol. The number of amides is 1. The van der Waals surface area contributed by atoms with Gasteiger partial charge in [-0.3, -0.25) is 14.4 Å². The van der Waals surface area contributed by atoms with Crippen LogP contribution in [0.1, 0.15) is 34.1 Å². The van der Waals surface area contributed by atoms with E-state index in [9.17, 15) is 14.4 Å². The highest BCUT2D eigenvalue weighted by atomic mass is 16.5. The summed E-state index contributed by atoms with van der Waals surface area (Å²) in [4.78, 5) is 43.9. The number of hydrogen-bond acceptors (Lipinski definition) is 5. The van der Waals surface area contributed by atoms with E-state index in [4.69, 9.17) is 4.74 Å². The number of carbonyl (C=O) groups is 2. The number of hydrogen-bond donors (Lipinski definition) is 1. The van der Waals surface area contributed by atoms with Crippen molar-refractivity contribution in [1.29, 1.82) is 0 Å². The normalized spacial score (nSPS) is 10.8. The summed E-state index contributed by atoms with van der Waals surface area (Å²) in [7, 11) is 1.47. The summed E-state index contributed by atoms with van der Waals surface area (Å²) in [5.74, 6) is -0.406. The third kappa shape index (κ3) is 4.59. The van der Waals surface area contributed by atoms with Crippen LogP contribution in [0.3, 0.4) is 0 Å². The van der Waals surface area contributed by atoms with Gasteiger partial charge in [0.1, 0.15) is 17.9 Å². The molecule has 1 amide bonds. The van der Waals surface area contributed by atoms with Crippen LogP contribution in [0.15, 0.2) is 71.7 Å². The Labute approximate surface area is 197 Å². The molecule has 7 nitrogen and oxygen atoms in total. The molecule has 0 saturated carbocycles. The minimum atomic E-state index is -0.478. The molecule has 2 aromatic carbocycles. The summed E-state index contributed by atoms with van der Waals surface area (Å²) in [6.45, 7) is 3.75. The molecule has 0 fully saturated rings. The number of methoxy groups -OCH3 is 1. The molecule has 0 unspecified atom stereocenters. The predicted octanol–water partition coefficient (Wildman–Crippen LogP) is 4.15. The summed E-state index contributed by atoms with van der Waals surface area (Å²) < 4.78 is 6.85. The number of pyridine rings is 2. The number of carbonyl (C=O) groups excluding carboxylic acids is 2. The lowest BCUT2D eigenvalue weighted by Crippen LogP contribution is -2.25. The summed E-state index contributed by atoms with van der Waals surface area (Å²) in [5, 5.41) is 3.13. The van der Waals surface area contributed by atoms with Crippen LogP contribution in [0.2, 0.25) is 0 Å². The van der Waals surface area contributed by atoms with Crippen LogP contribution in [-0.2, 0) is 17.8 Å². The molecule has 4 rings (SSSR count). The van der Waals surface area contributed by atoms with Gasteiger partial charge in [0, 0.05) is 17.6 Å². The first-order valence-corrected chi connectivity index (χ1v) is 11.0. The van der Waals surface area contributed by atoms with Crippen molar-refractivity contribution in [2.45, 2.75) is 26.8 Å². The van der Waals surface area contributed by atoms with Gasteiger partial charge in [-0.1, -0.05) is 31.2 Å². The highest BCUT2D eigenvalue weighted by Crippen LogP contribution is 2.21. The first-order chi connectivity index (χ1) is 16.4. The summed E-state index contributed by atoms with van der Waals surface area (Å²) in [6.07, 6.45) is 2.32. The van der Waals surface area contributed by atoms with Gasteiger partial charge in [0.15, 0.2) is 0 Å². The van der Waals surface area contributed by atoms with Crippen LogP contribution in [-0.4, -0.2) is 28.4 Å². The Bertz CT molecular complexity index is 1440. The molecule has 2 aromatic heterocycles. The van der Waals surface area contributed by atoms with Crippen LogP contribution in [0.4, 0.5) is 5.69 Å². The van der Waals surface area contributed by atoms with E-state index >= 15 is 0 Å². The number of fused-ring (bicyclic) bond motifs is 1. The van der Waals surface area contributed by atoms with E-state index in [0.717, 1.165) is 6.42 Å². The summed E-state index contributed by atoms with van der Waals surface area (Å²) >= 11 is 0. The SMILES string of the molecule is CCc1ccc(NC(=O)Cn2cc(C(=O)c3ccccc3OC)c(=O)c3ccc(C)nc32)cc1. The van der Waals surface area contributed by atoms with Gasteiger partial charge in [-0.2, -0.15) is 0 Å². The second kappa shape index (κ2) is 9.70. The Morgan fingerprint density at radius 2 is 1.74 bits per heavy atom. The Morgan fingerprint density at radius 3 is 2.44 bits per heavy atom. The number of nitrogens with zero attached hydrogens (tertiary/aromatic N) is 2. The maximum absolute atomic E-state index is 13.3. The standard InChI is InChI=1S/C27H25N3O4/c1-4-18-10-12-19(13-11-18)29-24(31)16-30-15-22(25(32)20-7-5-6-8-23(20)34-3)26(33)21-14-9-17(2)28-27(21)30/h5-15H,4,16H2,1-3H3,(H,29,31). The van der Waals surface area contributed by atoms with Crippen molar-refractivity contribution in [3.63, 3.8) is 0 Å². The van der Waals surface area contributed by atoms with E-state index in [0.29, 0.717) is 22.8 Å². The maximum Gasteiger partial charge on any atom is 0.244 e. The minimum absolute atomic E-state index is 0.0530. The topological polar surface area (TPSA) is 90.3 Å². The lowest BCUT2D eigenvalue weighted by Gasteiger charge is -2.14. The molecule has 0 radical (unpaired) electrons. The third-order valence-electron chi connectivity index (χ3n) is 5.62. The van der Waals surface area contributed by atoms with Crippen LogP contribution in [0.25, 0.3) is 11.0 Å². The molecular weight excluding hydrogens is 430 g/mol. The number of para-hydroxylation sites is 1. The lowest BCUT2D eigenvalue weighted by atomic mass is 10.0. The molecule has 0 atom stereocenters. The number of ether oxygens (including phenoxy) is 1. The number of aryl methyl sites for hydroxylation is 2. The molecule has 0 aliphatic carbocycles. The molecule has 7 heteroatoms. The number of ketones is 1. The Morgan fingerprint density at radius 1 is 1.00 bits per heavy atom. The molecule has 0 aliphatic heterocycles. The average Bonchev–Trinajstić information content (AvgIpc) is 2.85. The quantitative estimate of drug-likeness (QED) is 0.423. The molecule has 0 aliphatic rings. The van der Waals surface area contributed by atoms with Crippen molar-refractivity contribution < 1.29 is 14.3 Å². The lowest BCUT2D eigenvalue weighted by molar-refractivity contribution is -0.116. The van der Waals surface area contributed by atoms with E-state index in [1.54, 1.807) is 47.9 Å². The van der Waals surface area contributed by atoms with E-state index in [1.165, 1.54) is 18.9 Å². The molecule has 34 heavy (non-hydrogen) atoms. The van der Waals surface area contributed by atoms with Gasteiger partial charge in [-0.15, -0.1) is 0 Å². The van der Waals surface area contributed by atoms with Gasteiger partial charge in [0.25, 0.3) is 0 Å². The van der Waals surface area contributed by atoms with Gasteiger partial charge in [0.2, 0.25) is 17.1 Å². The molecule has 1 N–H and O–H groups in total. The van der Waals surface area contributed by atoms with E-state index in [-0.39, 0.29) is 29.0 Å². The van der Waals surface area contributed by atoms with Gasteiger partial charge >= 0.3 is 0 Å². The Balaban J connectivity index is 1.75. The highest BCUT2D eigenvalue weighted by molar-refractivity contribution is 6.11. The van der Waals surface area contributed by atoms with Gasteiger partial charge in [0.05, 0.1) is 23.6 Å². The zero-order chi connectivity index (χ0) is 24.2. The first-order valence-electron chi connectivity index (χ1n) is 11.0. The number of rotatable bonds is 7. The Kier molecular flexibility index (Phi) is 6.54. The maximum atomic E-state index is 13.3. The molecule has 0 saturated heterocycles. The molecule has 0 bridgehead atoms. The summed E-state index contributed by atoms with van der Waals surface area (Å²) in [5.41, 5.74) is 2.66. The second-order valence-corrected chi connectivity index (χ2v) is 7.95. The minimum Gasteiger partial charge on any atom is -0.496 e. The van der Waals surface area contributed by atoms with Crippen molar-refractivity contribution in [3.8, 4) is 5.75 Å². The fraction of sp³-hybridized carbons (Fsp3) is 0.185. The van der Waals surface area contributed by atoms with Crippen molar-refractivity contribution in [3.05, 3.63) is 99.5 Å². The van der Waals surface area contributed by atoms with Crippen molar-refractivity contribution in [1.82, 2.24) is 9.55 Å². The fourth-order valence-corrected chi connectivity index (χ4v) is 3.80. The zero-order valence-electron chi connectivity index (χ0n) is 19.3. The molecule has 0 spiro atoms. The van der Waals surface area contributed by atoms with Crippen LogP contribution in [0, 0.1) is 6.92 Å². The van der Waals surface area contributed by atoms with Crippen molar-refractivity contribution >= 4 is 28.4 Å². The smallest absolute Gasteiger partial charge is 0.244 e. The molecule has 2 heterocycles. The number of nitrogens with one attached hydrogen (secondary N) is 1. The second-order valence-electron chi connectivity index (χ2n) is 7.95. The summed E-state index contributed by atoms with van der Waals surface area (Å²) in [6, 6.07) is 17.7. The van der Waals surface area contributed by atoms with Crippen LogP contribution >= 0.6 is 0 Å². The fourth-order valence-electron chi connectivity index (χ4n) is 3.80. The average molecular weight is 456 g/mol. The van der Waals surface area contributed by atoms with Crippen molar-refractivity contribution in [2.24, 2.45) is 0 Å². The molecule has 172 valence electrons. The number of benzene rings is 2. The number of anilines is 1. The van der Waals surface area contributed by atoms with E-state index < -0.39 is 11.2 Å². The van der Waals surface area contributed by atoms with Crippen molar-refractivity contribution in [2.75, 3.05) is 12.4 Å². The van der Waals surface area contributed by atoms with Gasteiger partial charge in [-0.05, 0) is 55.3 Å². The Hall–Kier alpha value is -4.26. The van der Waals surface area contributed by atoms with Crippen LogP contribution in [0.5, 0.6) is 5.75 Å². The third-order valence-corrected chi connectivity index (χ3v) is 5.62. The highest BCUT2D eigenvalue weighted by Gasteiger charge is 2.21. The zero-order valence-corrected chi connectivity index (χ0v) is 19.3. The van der Waals surface area contributed by atoms with E-state index in [2.05, 4.69) is 17.2 Å². The number of aromatic nitrogens is 2. The van der Waals surface area contributed by atoms with Gasteiger partial charge in [-0.25, -0.2) is 4.98 Å². The van der Waals surface area contributed by atoms with Gasteiger partial charge < -0.3 is 14.6 Å². The largest absolute Gasteiger partial charge is 0.496 e. The van der Waals surface area contributed by atoms with Crippen LogP contribution < -0.4 is 15.5 Å². The molecule has 4 aromatic rings. The first kappa shape index (κ1) is 22.9.